The minimum absolute atomic E-state index is 0.0343. The van der Waals surface area contributed by atoms with Gasteiger partial charge in [0.1, 0.15) is 6.04 Å². The molecule has 10 heteroatoms. The van der Waals surface area contributed by atoms with Crippen LogP contribution in [0.5, 0.6) is 0 Å². The Bertz CT molecular complexity index is 976. The predicted octanol–water partition coefficient (Wildman–Crippen LogP) is 1.53. The van der Waals surface area contributed by atoms with E-state index in [1.165, 1.54) is 19.1 Å². The summed E-state index contributed by atoms with van der Waals surface area (Å²) in [5.41, 5.74) is 5.12. The summed E-state index contributed by atoms with van der Waals surface area (Å²) in [7, 11) is 0. The zero-order valence-corrected chi connectivity index (χ0v) is 17.1. The molecule has 2 aromatic carbocycles. The SMILES string of the molecule is CC(NC(=O)[C@H](Cc1ccc(C(F)(F)F)cc1)NC(=O)Cc1ccccc1)C(=O)C(N)=O. The minimum Gasteiger partial charge on any atom is -0.363 e. The van der Waals surface area contributed by atoms with Gasteiger partial charge in [0.15, 0.2) is 0 Å². The number of nitrogens with two attached hydrogens (primary N) is 1. The first-order chi connectivity index (χ1) is 15.0. The van der Waals surface area contributed by atoms with Gasteiger partial charge in [-0.3, -0.25) is 19.2 Å². The summed E-state index contributed by atoms with van der Waals surface area (Å²) in [5.74, 6) is -3.54. The van der Waals surface area contributed by atoms with Gasteiger partial charge in [0.05, 0.1) is 18.0 Å². The van der Waals surface area contributed by atoms with E-state index in [0.29, 0.717) is 11.1 Å². The summed E-state index contributed by atoms with van der Waals surface area (Å²) in [4.78, 5) is 47.8. The van der Waals surface area contributed by atoms with Crippen molar-refractivity contribution in [1.82, 2.24) is 10.6 Å². The van der Waals surface area contributed by atoms with Crippen LogP contribution in [0, 0.1) is 0 Å². The number of primary amides is 1. The van der Waals surface area contributed by atoms with Crippen molar-refractivity contribution in [1.29, 1.82) is 0 Å². The van der Waals surface area contributed by atoms with Gasteiger partial charge in [0.25, 0.3) is 5.91 Å². The van der Waals surface area contributed by atoms with Gasteiger partial charge in [-0.15, -0.1) is 0 Å². The first-order valence-electron chi connectivity index (χ1n) is 9.61. The maximum absolute atomic E-state index is 12.8. The van der Waals surface area contributed by atoms with Crippen LogP contribution in [0.3, 0.4) is 0 Å². The van der Waals surface area contributed by atoms with Crippen molar-refractivity contribution in [3.63, 3.8) is 0 Å². The van der Waals surface area contributed by atoms with Crippen LogP contribution >= 0.6 is 0 Å². The van der Waals surface area contributed by atoms with Gasteiger partial charge in [-0.05, 0) is 30.2 Å². The van der Waals surface area contributed by atoms with Gasteiger partial charge >= 0.3 is 6.18 Å². The van der Waals surface area contributed by atoms with E-state index in [4.69, 9.17) is 5.73 Å². The second kappa shape index (κ2) is 10.6. The molecule has 3 amide bonds. The number of halogens is 3. The van der Waals surface area contributed by atoms with E-state index < -0.39 is 47.3 Å². The van der Waals surface area contributed by atoms with E-state index in [1.807, 2.05) is 0 Å². The van der Waals surface area contributed by atoms with E-state index in [-0.39, 0.29) is 12.8 Å². The molecule has 0 spiro atoms. The van der Waals surface area contributed by atoms with Crippen LogP contribution in [0.1, 0.15) is 23.6 Å². The molecular weight excluding hydrogens is 427 g/mol. The maximum atomic E-state index is 12.8. The Kier molecular flexibility index (Phi) is 8.11. The van der Waals surface area contributed by atoms with Crippen molar-refractivity contribution in [2.24, 2.45) is 5.73 Å². The molecule has 1 unspecified atom stereocenters. The maximum Gasteiger partial charge on any atom is 0.416 e. The number of hydrogen-bond donors (Lipinski definition) is 3. The van der Waals surface area contributed by atoms with E-state index in [2.05, 4.69) is 10.6 Å². The summed E-state index contributed by atoms with van der Waals surface area (Å²) < 4.78 is 38.3. The number of ketones is 1. The van der Waals surface area contributed by atoms with Crippen molar-refractivity contribution >= 4 is 23.5 Å². The Morgan fingerprint density at radius 2 is 1.50 bits per heavy atom. The molecule has 0 heterocycles. The molecule has 0 saturated heterocycles. The molecule has 0 aliphatic rings. The molecule has 170 valence electrons. The topological polar surface area (TPSA) is 118 Å². The minimum atomic E-state index is -4.51. The van der Waals surface area contributed by atoms with E-state index >= 15 is 0 Å². The number of benzene rings is 2. The van der Waals surface area contributed by atoms with Gasteiger partial charge in [-0.1, -0.05) is 42.5 Å². The first-order valence-corrected chi connectivity index (χ1v) is 9.61. The highest BCUT2D eigenvalue weighted by Gasteiger charge is 2.31. The summed E-state index contributed by atoms with van der Waals surface area (Å²) in [5, 5.41) is 4.83. The predicted molar refractivity (Wildman–Crippen MR) is 109 cm³/mol. The van der Waals surface area contributed by atoms with Crippen LogP contribution in [-0.2, 0) is 38.2 Å². The summed E-state index contributed by atoms with van der Waals surface area (Å²) in [6.07, 6.45) is -4.68. The van der Waals surface area contributed by atoms with Crippen molar-refractivity contribution in [2.45, 2.75) is 38.0 Å². The number of carbonyl (C=O) groups excluding carboxylic acids is 4. The Morgan fingerprint density at radius 1 is 0.906 bits per heavy atom. The highest BCUT2D eigenvalue weighted by molar-refractivity contribution is 6.37. The lowest BCUT2D eigenvalue weighted by atomic mass is 10.0. The molecule has 0 radical (unpaired) electrons. The van der Waals surface area contributed by atoms with Gasteiger partial charge in [0.2, 0.25) is 17.6 Å². The first kappa shape index (κ1) is 24.6. The van der Waals surface area contributed by atoms with Crippen molar-refractivity contribution < 1.29 is 32.3 Å². The van der Waals surface area contributed by atoms with Crippen LogP contribution in [0.15, 0.2) is 54.6 Å². The van der Waals surface area contributed by atoms with Gasteiger partial charge in [-0.25, -0.2) is 0 Å². The molecule has 0 saturated carbocycles. The standard InChI is InChI=1S/C22H22F3N3O4/c1-13(19(30)20(26)31)27-21(32)17(28-18(29)12-14-5-3-2-4-6-14)11-15-7-9-16(10-8-15)22(23,24)25/h2-10,13,17H,11-12H2,1H3,(H2,26,31)(H,27,32)(H,28,29)/t13?,17-/m0/s1. The summed E-state index contributed by atoms with van der Waals surface area (Å²) >= 11 is 0. The fourth-order valence-corrected chi connectivity index (χ4v) is 2.89. The number of hydrogen-bond acceptors (Lipinski definition) is 4. The molecule has 7 nitrogen and oxygen atoms in total. The Morgan fingerprint density at radius 3 is 2.03 bits per heavy atom. The van der Waals surface area contributed by atoms with Crippen molar-refractivity contribution in [3.05, 3.63) is 71.3 Å². The number of rotatable bonds is 9. The monoisotopic (exact) mass is 449 g/mol. The average Bonchev–Trinajstić information content (AvgIpc) is 2.72. The molecule has 0 aliphatic heterocycles. The third-order valence-electron chi connectivity index (χ3n) is 4.58. The normalized spacial score (nSPS) is 13.0. The number of carbonyl (C=O) groups is 4. The number of Topliss-reactive ketones (excluding diaryl/α,β-unsaturated/α-hetero) is 1. The second-order valence-electron chi connectivity index (χ2n) is 7.14. The molecule has 0 fully saturated rings. The largest absolute Gasteiger partial charge is 0.416 e. The fourth-order valence-electron chi connectivity index (χ4n) is 2.89. The van der Waals surface area contributed by atoms with Crippen molar-refractivity contribution in [3.8, 4) is 0 Å². The summed E-state index contributed by atoms with van der Waals surface area (Å²) in [6, 6.07) is 10.4. The van der Waals surface area contributed by atoms with Gasteiger partial charge in [-0.2, -0.15) is 13.2 Å². The Labute approximate surface area is 182 Å². The molecular formula is C22H22F3N3O4. The number of nitrogens with one attached hydrogen (secondary N) is 2. The van der Waals surface area contributed by atoms with Crippen LogP contribution in [0.2, 0.25) is 0 Å². The highest BCUT2D eigenvalue weighted by Crippen LogP contribution is 2.29. The average molecular weight is 449 g/mol. The van der Waals surface area contributed by atoms with E-state index in [1.54, 1.807) is 30.3 Å². The third-order valence-corrected chi connectivity index (χ3v) is 4.58. The molecule has 32 heavy (non-hydrogen) atoms. The van der Waals surface area contributed by atoms with Crippen LogP contribution in [0.4, 0.5) is 13.2 Å². The van der Waals surface area contributed by atoms with Crippen molar-refractivity contribution in [2.75, 3.05) is 0 Å². The number of amides is 3. The lowest BCUT2D eigenvalue weighted by molar-refractivity contribution is -0.138. The molecule has 2 aromatic rings. The molecule has 0 bridgehead atoms. The zero-order chi connectivity index (χ0) is 23.9. The zero-order valence-electron chi connectivity index (χ0n) is 17.1. The number of alkyl halides is 3. The van der Waals surface area contributed by atoms with Crippen LogP contribution < -0.4 is 16.4 Å². The van der Waals surface area contributed by atoms with Crippen LogP contribution in [0.25, 0.3) is 0 Å². The van der Waals surface area contributed by atoms with Gasteiger partial charge < -0.3 is 16.4 Å². The van der Waals surface area contributed by atoms with E-state index in [0.717, 1.165) is 12.1 Å². The highest BCUT2D eigenvalue weighted by atomic mass is 19.4. The lowest BCUT2D eigenvalue weighted by Gasteiger charge is -2.21. The molecule has 2 rings (SSSR count). The van der Waals surface area contributed by atoms with Gasteiger partial charge in [0, 0.05) is 6.42 Å². The third kappa shape index (κ3) is 7.22. The molecule has 4 N–H and O–H groups in total. The molecule has 0 aromatic heterocycles. The Hall–Kier alpha value is -3.69. The second-order valence-corrected chi connectivity index (χ2v) is 7.14. The Balaban J connectivity index is 2.17. The van der Waals surface area contributed by atoms with E-state index in [9.17, 15) is 32.3 Å². The fraction of sp³-hybridized carbons (Fsp3) is 0.273. The lowest BCUT2D eigenvalue weighted by Crippen LogP contribution is -2.53. The quantitative estimate of drug-likeness (QED) is 0.503. The summed E-state index contributed by atoms with van der Waals surface area (Å²) in [6.45, 7) is 1.26. The van der Waals surface area contributed by atoms with Crippen LogP contribution in [-0.4, -0.2) is 35.6 Å². The molecule has 2 atom stereocenters. The molecule has 0 aliphatic carbocycles. The smallest absolute Gasteiger partial charge is 0.363 e.